The number of ketones is 1. The van der Waals surface area contributed by atoms with Crippen LogP contribution in [0, 0.1) is 23.7 Å². The first kappa shape index (κ1) is 27.9. The number of hydrogen-bond acceptors (Lipinski definition) is 9. The lowest BCUT2D eigenvalue weighted by atomic mass is 9.58. The van der Waals surface area contributed by atoms with Gasteiger partial charge in [0.25, 0.3) is 0 Å². The van der Waals surface area contributed by atoms with Gasteiger partial charge in [-0.05, 0) is 86.1 Å². The summed E-state index contributed by atoms with van der Waals surface area (Å²) in [5.41, 5.74) is 0.846. The summed E-state index contributed by atoms with van der Waals surface area (Å²) in [6.07, 6.45) is 6.32. The molecule has 224 valence electrons. The lowest BCUT2D eigenvalue weighted by Gasteiger charge is -2.60. The van der Waals surface area contributed by atoms with Gasteiger partial charge in [0, 0.05) is 23.8 Å². The summed E-state index contributed by atoms with van der Waals surface area (Å²) < 4.78 is 35.7. The van der Waals surface area contributed by atoms with E-state index >= 15 is 0 Å². The Morgan fingerprint density at radius 2 is 1.81 bits per heavy atom. The highest BCUT2D eigenvalue weighted by Gasteiger charge is 2.69. The van der Waals surface area contributed by atoms with Crippen molar-refractivity contribution in [2.75, 3.05) is 20.0 Å². The Balaban J connectivity index is 0.925. The van der Waals surface area contributed by atoms with Crippen molar-refractivity contribution in [3.8, 4) is 17.2 Å². The molecule has 1 aliphatic carbocycles. The SMILES string of the molecule is C[C@H]1[C@@H](OCCOc2ccc(C(=O)/C=C/c3ccc4c(c3)OCO4)cc2)O[C@@H]2O[C@@]3(C)CC[C@H]4[C@H](C)CC[C@@H]1[C@@]24OO3. The number of allylic oxidation sites excluding steroid dienone is 1. The van der Waals surface area contributed by atoms with E-state index in [1.54, 1.807) is 36.4 Å². The van der Waals surface area contributed by atoms with E-state index in [0.29, 0.717) is 47.9 Å². The van der Waals surface area contributed by atoms with Crippen LogP contribution in [-0.4, -0.2) is 49.8 Å². The Bertz CT molecular complexity index is 1340. The fourth-order valence-electron chi connectivity index (χ4n) is 7.39. The van der Waals surface area contributed by atoms with Crippen molar-refractivity contribution in [1.82, 2.24) is 0 Å². The summed E-state index contributed by atoms with van der Waals surface area (Å²) in [6.45, 7) is 7.33. The molecule has 8 rings (SSSR count). The van der Waals surface area contributed by atoms with Crippen molar-refractivity contribution in [2.24, 2.45) is 23.7 Å². The van der Waals surface area contributed by atoms with E-state index in [0.717, 1.165) is 31.2 Å². The number of ether oxygens (including phenoxy) is 6. The summed E-state index contributed by atoms with van der Waals surface area (Å²) in [6, 6.07) is 12.7. The second-order valence-electron chi connectivity index (χ2n) is 12.3. The van der Waals surface area contributed by atoms with E-state index in [-0.39, 0.29) is 24.4 Å². The van der Waals surface area contributed by atoms with Gasteiger partial charge in [-0.3, -0.25) is 4.79 Å². The average Bonchev–Trinajstić information content (AvgIpc) is 3.35. The molecular weight excluding hydrogens is 540 g/mol. The molecule has 4 saturated heterocycles. The van der Waals surface area contributed by atoms with Gasteiger partial charge >= 0.3 is 0 Å². The van der Waals surface area contributed by atoms with E-state index in [2.05, 4.69) is 13.8 Å². The normalized spacial score (nSPS) is 36.5. The molecule has 8 atom stereocenters. The van der Waals surface area contributed by atoms with Crippen molar-refractivity contribution in [1.29, 1.82) is 0 Å². The number of rotatable bonds is 8. The van der Waals surface area contributed by atoms with Crippen LogP contribution >= 0.6 is 0 Å². The minimum Gasteiger partial charge on any atom is -0.491 e. The van der Waals surface area contributed by atoms with Gasteiger partial charge in [0.1, 0.15) is 12.4 Å². The first-order chi connectivity index (χ1) is 20.3. The maximum Gasteiger partial charge on any atom is 0.231 e. The number of carbonyl (C=O) groups excluding carboxylic acids is 1. The van der Waals surface area contributed by atoms with Crippen LogP contribution in [0.2, 0.25) is 0 Å². The fourth-order valence-corrected chi connectivity index (χ4v) is 7.39. The number of benzene rings is 2. The molecule has 6 aliphatic rings. The third-order valence-corrected chi connectivity index (χ3v) is 9.69. The number of hydrogen-bond donors (Lipinski definition) is 0. The van der Waals surface area contributed by atoms with Gasteiger partial charge in [0.15, 0.2) is 35.5 Å². The first-order valence-electron chi connectivity index (χ1n) is 15.0. The van der Waals surface area contributed by atoms with E-state index < -0.39 is 24.0 Å². The summed E-state index contributed by atoms with van der Waals surface area (Å²) in [7, 11) is 0. The summed E-state index contributed by atoms with van der Waals surface area (Å²) >= 11 is 0. The van der Waals surface area contributed by atoms with Crippen LogP contribution in [0.15, 0.2) is 48.5 Å². The molecule has 1 saturated carbocycles. The highest BCUT2D eigenvalue weighted by atomic mass is 17.3. The molecule has 9 heteroatoms. The van der Waals surface area contributed by atoms with Gasteiger partial charge in [0.2, 0.25) is 12.6 Å². The Morgan fingerprint density at radius 3 is 2.67 bits per heavy atom. The Morgan fingerprint density at radius 1 is 0.976 bits per heavy atom. The topological polar surface area (TPSA) is 90.9 Å². The van der Waals surface area contributed by atoms with E-state index in [1.165, 1.54) is 0 Å². The summed E-state index contributed by atoms with van der Waals surface area (Å²) in [5, 5.41) is 0. The number of fused-ring (bicyclic) bond motifs is 3. The smallest absolute Gasteiger partial charge is 0.231 e. The van der Waals surface area contributed by atoms with Gasteiger partial charge in [-0.1, -0.05) is 26.0 Å². The maximum atomic E-state index is 12.7. The molecule has 0 aromatic heterocycles. The zero-order valence-electron chi connectivity index (χ0n) is 24.3. The van der Waals surface area contributed by atoms with Gasteiger partial charge in [-0.2, -0.15) is 0 Å². The van der Waals surface area contributed by atoms with Crippen LogP contribution in [0.25, 0.3) is 6.08 Å². The molecule has 5 heterocycles. The summed E-state index contributed by atoms with van der Waals surface area (Å²) in [4.78, 5) is 24.8. The molecule has 1 spiro atoms. The minimum absolute atomic E-state index is 0.0965. The molecule has 5 aliphatic heterocycles. The standard InChI is InChI=1S/C33H38O9/c1-20-4-11-26-21(2)30(39-31-33(26)25(20)14-15-32(3,40-31)41-42-33)36-17-16-35-24-9-7-23(8-10-24)27(34)12-5-22-6-13-28-29(18-22)38-19-37-28/h5-10,12-13,18,20-21,25-26,30-31H,4,11,14-17,19H2,1-3H3/b12-5+/t20-,21-,25+,26+,30+,31-,32-,33-/m1/s1. The predicted octanol–water partition coefficient (Wildman–Crippen LogP) is 5.91. The molecule has 42 heavy (non-hydrogen) atoms. The van der Waals surface area contributed by atoms with Gasteiger partial charge in [-0.25, -0.2) is 9.78 Å². The van der Waals surface area contributed by atoms with Crippen molar-refractivity contribution >= 4 is 11.9 Å². The second kappa shape index (κ2) is 11.0. The molecule has 9 nitrogen and oxygen atoms in total. The van der Waals surface area contributed by atoms with Gasteiger partial charge in [-0.15, -0.1) is 0 Å². The van der Waals surface area contributed by atoms with Gasteiger partial charge < -0.3 is 28.4 Å². The van der Waals surface area contributed by atoms with Crippen molar-refractivity contribution in [3.63, 3.8) is 0 Å². The lowest BCUT2D eigenvalue weighted by molar-refractivity contribution is -0.577. The van der Waals surface area contributed by atoms with Crippen LogP contribution in [0.3, 0.4) is 0 Å². The largest absolute Gasteiger partial charge is 0.491 e. The fraction of sp³-hybridized carbons (Fsp3) is 0.545. The highest BCUT2D eigenvalue weighted by Crippen LogP contribution is 2.60. The van der Waals surface area contributed by atoms with Crippen LogP contribution in [0.4, 0.5) is 0 Å². The zero-order chi connectivity index (χ0) is 28.9. The van der Waals surface area contributed by atoms with E-state index in [1.807, 2.05) is 25.1 Å². The average molecular weight is 579 g/mol. The molecule has 2 aromatic carbocycles. The maximum absolute atomic E-state index is 12.7. The molecule has 5 fully saturated rings. The molecule has 0 N–H and O–H groups in total. The van der Waals surface area contributed by atoms with E-state index in [4.69, 9.17) is 38.2 Å². The molecule has 0 unspecified atom stereocenters. The quantitative estimate of drug-likeness (QED) is 0.164. The zero-order valence-corrected chi connectivity index (χ0v) is 24.3. The minimum atomic E-state index is -0.805. The summed E-state index contributed by atoms with van der Waals surface area (Å²) in [5.74, 6) is 2.34. The predicted molar refractivity (Wildman–Crippen MR) is 151 cm³/mol. The first-order valence-corrected chi connectivity index (χ1v) is 15.0. The molecule has 2 aromatic rings. The van der Waals surface area contributed by atoms with Crippen molar-refractivity contribution in [3.05, 3.63) is 59.7 Å². The molecule has 0 radical (unpaired) electrons. The van der Waals surface area contributed by atoms with Crippen molar-refractivity contribution in [2.45, 2.75) is 70.4 Å². The third-order valence-electron chi connectivity index (χ3n) is 9.69. The second-order valence-corrected chi connectivity index (χ2v) is 12.3. The molecule has 0 amide bonds. The Labute approximate surface area is 245 Å². The third kappa shape index (κ3) is 4.91. The van der Waals surface area contributed by atoms with E-state index in [9.17, 15) is 4.79 Å². The number of carbonyl (C=O) groups is 1. The lowest BCUT2D eigenvalue weighted by Crippen LogP contribution is -2.70. The van der Waals surface area contributed by atoms with Crippen LogP contribution in [0.5, 0.6) is 17.2 Å². The highest BCUT2D eigenvalue weighted by molar-refractivity contribution is 6.06. The van der Waals surface area contributed by atoms with Gasteiger partial charge in [0.05, 0.1) is 6.61 Å². The molecule has 2 bridgehead atoms. The Hall–Kier alpha value is -2.95. The van der Waals surface area contributed by atoms with Crippen LogP contribution < -0.4 is 14.2 Å². The van der Waals surface area contributed by atoms with Crippen LogP contribution in [0.1, 0.15) is 62.4 Å². The van der Waals surface area contributed by atoms with Crippen molar-refractivity contribution < 1.29 is 43.0 Å². The van der Waals surface area contributed by atoms with Crippen LogP contribution in [-0.2, 0) is 24.0 Å². The Kier molecular flexibility index (Phi) is 7.27. The monoisotopic (exact) mass is 578 g/mol. The molecular formula is C33H38O9.